The first-order valence-electron chi connectivity index (χ1n) is 4.42. The lowest BCUT2D eigenvalue weighted by molar-refractivity contribution is 0.888. The molecule has 2 rings (SSSR count). The van der Waals surface area contributed by atoms with Crippen LogP contribution in [0.5, 0.6) is 0 Å². The number of rotatable bonds is 2. The van der Waals surface area contributed by atoms with Crippen molar-refractivity contribution < 1.29 is 0 Å². The molecule has 78 valence electrons. The summed E-state index contributed by atoms with van der Waals surface area (Å²) < 4.78 is 2.33. The van der Waals surface area contributed by atoms with Gasteiger partial charge < -0.3 is 5.73 Å². The summed E-state index contributed by atoms with van der Waals surface area (Å²) in [5.74, 6) is 0. The Balaban J connectivity index is 2.32. The molecule has 1 aromatic heterocycles. The van der Waals surface area contributed by atoms with Gasteiger partial charge in [0, 0.05) is 12.9 Å². The molecule has 0 aliphatic rings. The molecular weight excluding hydrogens is 385 g/mol. The van der Waals surface area contributed by atoms with Crippen molar-refractivity contribution in [1.29, 1.82) is 0 Å². The van der Waals surface area contributed by atoms with Crippen LogP contribution in [0.2, 0.25) is 0 Å². The van der Waals surface area contributed by atoms with E-state index in [9.17, 15) is 0 Å². The molecule has 0 spiro atoms. The van der Waals surface area contributed by atoms with Crippen molar-refractivity contribution in [2.24, 2.45) is 5.73 Å². The summed E-state index contributed by atoms with van der Waals surface area (Å²) in [5, 5.41) is 2.05. The third-order valence-corrected chi connectivity index (χ3v) is 4.83. The molecule has 15 heavy (non-hydrogen) atoms. The number of nitrogens with two attached hydrogens (primary N) is 1. The van der Waals surface area contributed by atoms with Crippen LogP contribution in [-0.4, -0.2) is 0 Å². The lowest BCUT2D eigenvalue weighted by atomic mass is 10.1. The standard InChI is InChI=1S/C11H9BrINS/c12-9-5-6-15-11(9)10(14)7-1-3-8(13)4-2-7/h1-6,10H,14H2. The zero-order chi connectivity index (χ0) is 10.8. The zero-order valence-corrected chi connectivity index (χ0v) is 12.3. The summed E-state index contributed by atoms with van der Waals surface area (Å²) in [5.41, 5.74) is 7.34. The van der Waals surface area contributed by atoms with Crippen molar-refractivity contribution in [3.05, 3.63) is 54.2 Å². The Morgan fingerprint density at radius 1 is 1.20 bits per heavy atom. The normalized spacial score (nSPS) is 12.7. The molecule has 1 aromatic carbocycles. The van der Waals surface area contributed by atoms with Crippen LogP contribution >= 0.6 is 49.9 Å². The SMILES string of the molecule is NC(c1ccc(I)cc1)c1sccc1Br. The predicted octanol–water partition coefficient (Wildman–Crippen LogP) is 4.16. The first-order chi connectivity index (χ1) is 7.18. The average molecular weight is 394 g/mol. The largest absolute Gasteiger partial charge is 0.320 e. The summed E-state index contributed by atoms with van der Waals surface area (Å²) in [6.45, 7) is 0. The van der Waals surface area contributed by atoms with Crippen LogP contribution < -0.4 is 5.73 Å². The topological polar surface area (TPSA) is 26.0 Å². The number of hydrogen-bond donors (Lipinski definition) is 1. The third kappa shape index (κ3) is 2.61. The van der Waals surface area contributed by atoms with Crippen molar-refractivity contribution in [3.63, 3.8) is 0 Å². The summed E-state index contributed by atoms with van der Waals surface area (Å²) in [7, 11) is 0. The molecule has 1 atom stereocenters. The van der Waals surface area contributed by atoms with Crippen LogP contribution in [0, 0.1) is 3.57 Å². The van der Waals surface area contributed by atoms with E-state index < -0.39 is 0 Å². The minimum Gasteiger partial charge on any atom is -0.320 e. The Labute approximate surface area is 115 Å². The van der Waals surface area contributed by atoms with Gasteiger partial charge in [0.05, 0.1) is 6.04 Å². The number of thiophene rings is 1. The monoisotopic (exact) mass is 393 g/mol. The maximum atomic E-state index is 6.19. The minimum atomic E-state index is -0.0311. The van der Waals surface area contributed by atoms with Crippen molar-refractivity contribution in [2.75, 3.05) is 0 Å². The summed E-state index contributed by atoms with van der Waals surface area (Å²) in [4.78, 5) is 1.18. The molecular formula is C11H9BrINS. The second kappa shape index (κ2) is 4.95. The zero-order valence-electron chi connectivity index (χ0n) is 7.78. The fourth-order valence-corrected chi connectivity index (χ4v) is 3.36. The molecule has 4 heteroatoms. The quantitative estimate of drug-likeness (QED) is 0.761. The summed E-state index contributed by atoms with van der Waals surface area (Å²) in [6, 6.07) is 10.3. The molecule has 2 N–H and O–H groups in total. The van der Waals surface area contributed by atoms with Gasteiger partial charge in [-0.15, -0.1) is 11.3 Å². The van der Waals surface area contributed by atoms with Gasteiger partial charge in [-0.3, -0.25) is 0 Å². The molecule has 0 aliphatic heterocycles. The van der Waals surface area contributed by atoms with Crippen molar-refractivity contribution in [2.45, 2.75) is 6.04 Å². The first-order valence-corrected chi connectivity index (χ1v) is 7.17. The van der Waals surface area contributed by atoms with Crippen LogP contribution in [0.3, 0.4) is 0 Å². The molecule has 0 saturated heterocycles. The van der Waals surface area contributed by atoms with Crippen LogP contribution in [0.4, 0.5) is 0 Å². The maximum Gasteiger partial charge on any atom is 0.0657 e. The second-order valence-corrected chi connectivity index (χ2v) is 6.21. The van der Waals surface area contributed by atoms with E-state index in [-0.39, 0.29) is 6.04 Å². The molecule has 2 aromatic rings. The molecule has 0 amide bonds. The Hall–Kier alpha value is 0.0900. The Morgan fingerprint density at radius 3 is 2.40 bits per heavy atom. The fraction of sp³-hybridized carbons (Fsp3) is 0.0909. The first kappa shape index (κ1) is 11.6. The highest BCUT2D eigenvalue weighted by Crippen LogP contribution is 2.31. The average Bonchev–Trinajstić information content (AvgIpc) is 2.65. The van der Waals surface area contributed by atoms with Crippen LogP contribution in [0.25, 0.3) is 0 Å². The molecule has 0 bridgehead atoms. The van der Waals surface area contributed by atoms with Gasteiger partial charge in [0.15, 0.2) is 0 Å². The van der Waals surface area contributed by atoms with E-state index in [0.29, 0.717) is 0 Å². The lowest BCUT2D eigenvalue weighted by Crippen LogP contribution is -2.10. The van der Waals surface area contributed by atoms with Gasteiger partial charge >= 0.3 is 0 Å². The van der Waals surface area contributed by atoms with Gasteiger partial charge in [-0.25, -0.2) is 0 Å². The molecule has 0 aliphatic carbocycles. The summed E-state index contributed by atoms with van der Waals surface area (Å²) in [6.07, 6.45) is 0. The third-order valence-electron chi connectivity index (χ3n) is 2.16. The van der Waals surface area contributed by atoms with Gasteiger partial charge in [-0.2, -0.15) is 0 Å². The highest BCUT2D eigenvalue weighted by Gasteiger charge is 2.13. The molecule has 1 heterocycles. The Morgan fingerprint density at radius 2 is 1.87 bits per heavy atom. The van der Waals surface area contributed by atoms with Gasteiger partial charge in [0.1, 0.15) is 0 Å². The Kier molecular flexibility index (Phi) is 3.82. The van der Waals surface area contributed by atoms with Crippen LogP contribution in [0.15, 0.2) is 40.2 Å². The molecule has 1 nitrogen and oxygen atoms in total. The van der Waals surface area contributed by atoms with E-state index in [0.717, 1.165) is 10.0 Å². The van der Waals surface area contributed by atoms with E-state index in [1.807, 2.05) is 11.4 Å². The van der Waals surface area contributed by atoms with Gasteiger partial charge in [-0.05, 0) is 67.7 Å². The van der Waals surface area contributed by atoms with E-state index in [1.165, 1.54) is 8.45 Å². The van der Waals surface area contributed by atoms with E-state index in [4.69, 9.17) is 5.73 Å². The highest BCUT2D eigenvalue weighted by molar-refractivity contribution is 14.1. The molecule has 0 radical (unpaired) electrons. The fourth-order valence-electron chi connectivity index (χ4n) is 1.35. The van der Waals surface area contributed by atoms with Crippen LogP contribution in [-0.2, 0) is 0 Å². The Bertz CT molecular complexity index is 452. The smallest absolute Gasteiger partial charge is 0.0657 e. The van der Waals surface area contributed by atoms with E-state index in [1.54, 1.807) is 11.3 Å². The number of benzene rings is 1. The van der Waals surface area contributed by atoms with Gasteiger partial charge in [-0.1, -0.05) is 12.1 Å². The van der Waals surface area contributed by atoms with E-state index >= 15 is 0 Å². The highest BCUT2D eigenvalue weighted by atomic mass is 127. The van der Waals surface area contributed by atoms with Crippen molar-refractivity contribution >= 4 is 49.9 Å². The molecule has 0 saturated carbocycles. The van der Waals surface area contributed by atoms with Crippen LogP contribution in [0.1, 0.15) is 16.5 Å². The number of halogens is 2. The molecule has 1 unspecified atom stereocenters. The van der Waals surface area contributed by atoms with E-state index in [2.05, 4.69) is 62.8 Å². The predicted molar refractivity (Wildman–Crippen MR) is 77.2 cm³/mol. The second-order valence-electron chi connectivity index (χ2n) is 3.16. The van der Waals surface area contributed by atoms with Gasteiger partial charge in [0.25, 0.3) is 0 Å². The van der Waals surface area contributed by atoms with Gasteiger partial charge in [0.2, 0.25) is 0 Å². The van der Waals surface area contributed by atoms with Crippen molar-refractivity contribution in [3.8, 4) is 0 Å². The molecule has 0 fully saturated rings. The van der Waals surface area contributed by atoms with Crippen molar-refractivity contribution in [1.82, 2.24) is 0 Å². The maximum absolute atomic E-state index is 6.19. The summed E-state index contributed by atoms with van der Waals surface area (Å²) >= 11 is 7.48. The number of hydrogen-bond acceptors (Lipinski definition) is 2. The lowest BCUT2D eigenvalue weighted by Gasteiger charge is -2.10. The minimum absolute atomic E-state index is 0.0311.